The zero-order valence-corrected chi connectivity index (χ0v) is 12.4. The minimum atomic E-state index is -0.416. The van der Waals surface area contributed by atoms with E-state index in [0.717, 1.165) is 5.56 Å². The van der Waals surface area contributed by atoms with E-state index in [1.165, 1.54) is 0 Å². The van der Waals surface area contributed by atoms with E-state index in [0.29, 0.717) is 23.3 Å². The highest BCUT2D eigenvalue weighted by Crippen LogP contribution is 2.18. The predicted molar refractivity (Wildman–Crippen MR) is 83.7 cm³/mol. The van der Waals surface area contributed by atoms with Crippen molar-refractivity contribution >= 4 is 11.5 Å². The number of Topliss-reactive ketones (excluding diaryl/α,β-unsaturated/α-hetero) is 1. The average molecular weight is 296 g/mol. The number of aliphatic hydroxyl groups is 1. The summed E-state index contributed by atoms with van der Waals surface area (Å²) in [6, 6.07) is 13.9. The Hall–Kier alpha value is -2.95. The van der Waals surface area contributed by atoms with Gasteiger partial charge in [-0.3, -0.25) is 4.79 Å². The summed E-state index contributed by atoms with van der Waals surface area (Å²) < 4.78 is 5.03. The number of benzene rings is 2. The summed E-state index contributed by atoms with van der Waals surface area (Å²) in [4.78, 5) is 12.2. The smallest absolute Gasteiger partial charge is 0.216 e. The van der Waals surface area contributed by atoms with E-state index in [1.54, 1.807) is 43.5 Å². The summed E-state index contributed by atoms with van der Waals surface area (Å²) >= 11 is 0. The Balaban J connectivity index is 2.16. The van der Waals surface area contributed by atoms with Gasteiger partial charge in [0.1, 0.15) is 12.0 Å². The molecule has 1 N–H and O–H groups in total. The quantitative estimate of drug-likeness (QED) is 0.385. The number of aliphatic hydroxyl groups excluding tert-OH is 1. The van der Waals surface area contributed by atoms with Crippen molar-refractivity contribution in [2.45, 2.75) is 6.92 Å². The van der Waals surface area contributed by atoms with Crippen LogP contribution in [0.25, 0.3) is 0 Å². The second-order valence-electron chi connectivity index (χ2n) is 4.61. The van der Waals surface area contributed by atoms with Gasteiger partial charge >= 0.3 is 0 Å². The number of hydrogen-bond donors (Lipinski definition) is 1. The molecule has 0 aliphatic carbocycles. The molecular formula is C17H16N2O3. The van der Waals surface area contributed by atoms with Crippen molar-refractivity contribution < 1.29 is 14.6 Å². The molecule has 0 saturated carbocycles. The number of ether oxygens (including phenoxy) is 1. The first-order chi connectivity index (χ1) is 10.6. The monoisotopic (exact) mass is 296 g/mol. The SMILES string of the molecule is COc1ccc(C(=O)/C(=C\O)N=Nc2ccc(C)cc2)cc1. The summed E-state index contributed by atoms with van der Waals surface area (Å²) in [6.07, 6.45) is 0.657. The molecular weight excluding hydrogens is 280 g/mol. The normalized spacial score (nSPS) is 11.6. The molecule has 2 aromatic carbocycles. The van der Waals surface area contributed by atoms with Crippen molar-refractivity contribution in [1.82, 2.24) is 0 Å². The van der Waals surface area contributed by atoms with Crippen molar-refractivity contribution in [2.24, 2.45) is 10.2 Å². The second kappa shape index (κ2) is 7.17. The van der Waals surface area contributed by atoms with Gasteiger partial charge < -0.3 is 9.84 Å². The van der Waals surface area contributed by atoms with E-state index < -0.39 is 5.78 Å². The molecule has 0 bridgehead atoms. The van der Waals surface area contributed by atoms with Crippen LogP contribution in [0.4, 0.5) is 5.69 Å². The Morgan fingerprint density at radius 1 is 1.09 bits per heavy atom. The first-order valence-corrected chi connectivity index (χ1v) is 6.65. The second-order valence-corrected chi connectivity index (χ2v) is 4.61. The third-order valence-electron chi connectivity index (χ3n) is 3.01. The third-order valence-corrected chi connectivity index (χ3v) is 3.01. The standard InChI is InChI=1S/C17H16N2O3/c1-12-3-7-14(8-4-12)18-19-16(11-20)17(21)13-5-9-15(22-2)10-6-13/h3-11,20H,1-2H3/b16-11+,19-18?. The Morgan fingerprint density at radius 2 is 1.73 bits per heavy atom. The number of nitrogens with zero attached hydrogens (tertiary/aromatic N) is 2. The largest absolute Gasteiger partial charge is 0.513 e. The molecule has 2 aromatic rings. The average Bonchev–Trinajstić information content (AvgIpc) is 2.57. The van der Waals surface area contributed by atoms with Crippen LogP contribution in [-0.4, -0.2) is 18.0 Å². The fourth-order valence-electron chi connectivity index (χ4n) is 1.74. The maximum absolute atomic E-state index is 12.2. The van der Waals surface area contributed by atoms with Crippen molar-refractivity contribution in [2.75, 3.05) is 7.11 Å². The van der Waals surface area contributed by atoms with Gasteiger partial charge in [-0.15, -0.1) is 5.11 Å². The van der Waals surface area contributed by atoms with Crippen LogP contribution in [0.5, 0.6) is 5.75 Å². The molecule has 0 fully saturated rings. The maximum atomic E-state index is 12.2. The molecule has 0 aliphatic heterocycles. The van der Waals surface area contributed by atoms with Crippen molar-refractivity contribution in [1.29, 1.82) is 0 Å². The van der Waals surface area contributed by atoms with E-state index in [4.69, 9.17) is 4.74 Å². The lowest BCUT2D eigenvalue weighted by molar-refractivity contribution is 0.102. The molecule has 5 heteroatoms. The van der Waals surface area contributed by atoms with Crippen LogP contribution in [-0.2, 0) is 0 Å². The van der Waals surface area contributed by atoms with Crippen LogP contribution < -0.4 is 4.74 Å². The zero-order valence-electron chi connectivity index (χ0n) is 12.4. The van der Waals surface area contributed by atoms with Gasteiger partial charge in [-0.1, -0.05) is 17.7 Å². The number of carbonyl (C=O) groups is 1. The molecule has 0 aromatic heterocycles. The summed E-state index contributed by atoms with van der Waals surface area (Å²) in [7, 11) is 1.55. The van der Waals surface area contributed by atoms with Gasteiger partial charge in [0.15, 0.2) is 5.70 Å². The van der Waals surface area contributed by atoms with Gasteiger partial charge in [-0.05, 0) is 43.3 Å². The first kappa shape index (κ1) is 15.4. The van der Waals surface area contributed by atoms with Gasteiger partial charge in [0.25, 0.3) is 0 Å². The topological polar surface area (TPSA) is 71.2 Å². The van der Waals surface area contributed by atoms with Gasteiger partial charge in [0, 0.05) is 5.56 Å². The molecule has 0 aliphatic rings. The number of allylic oxidation sites excluding steroid dienone is 1. The summed E-state index contributed by atoms with van der Waals surface area (Å²) in [5, 5.41) is 17.0. The molecule has 0 spiro atoms. The molecule has 0 radical (unpaired) electrons. The number of rotatable bonds is 5. The number of aryl methyl sites for hydroxylation is 1. The number of hydrogen-bond acceptors (Lipinski definition) is 5. The highest BCUT2D eigenvalue weighted by atomic mass is 16.5. The Bertz CT molecular complexity index is 702. The van der Waals surface area contributed by atoms with E-state index in [2.05, 4.69) is 10.2 Å². The van der Waals surface area contributed by atoms with Gasteiger partial charge in [0.2, 0.25) is 5.78 Å². The minimum absolute atomic E-state index is 0.134. The number of methoxy groups -OCH3 is 1. The Labute approximate surface area is 128 Å². The Morgan fingerprint density at radius 3 is 2.27 bits per heavy atom. The van der Waals surface area contributed by atoms with Crippen molar-refractivity contribution in [3.8, 4) is 5.75 Å². The number of carbonyl (C=O) groups excluding carboxylic acids is 1. The minimum Gasteiger partial charge on any atom is -0.513 e. The van der Waals surface area contributed by atoms with Crippen LogP contribution in [0.1, 0.15) is 15.9 Å². The number of azo groups is 1. The van der Waals surface area contributed by atoms with Gasteiger partial charge in [-0.25, -0.2) is 0 Å². The highest BCUT2D eigenvalue weighted by Gasteiger charge is 2.12. The molecule has 5 nitrogen and oxygen atoms in total. The van der Waals surface area contributed by atoms with E-state index in [-0.39, 0.29) is 5.70 Å². The van der Waals surface area contributed by atoms with E-state index >= 15 is 0 Å². The fourth-order valence-corrected chi connectivity index (χ4v) is 1.74. The molecule has 0 atom stereocenters. The predicted octanol–water partition coefficient (Wildman–Crippen LogP) is 4.37. The molecule has 2 rings (SSSR count). The lowest BCUT2D eigenvalue weighted by atomic mass is 10.1. The van der Waals surface area contributed by atoms with Crippen LogP contribution in [0.15, 0.2) is 70.7 Å². The fraction of sp³-hybridized carbons (Fsp3) is 0.118. The van der Waals surface area contributed by atoms with Crippen LogP contribution in [0.3, 0.4) is 0 Å². The summed E-state index contributed by atoms with van der Waals surface area (Å²) in [5.74, 6) is 0.230. The van der Waals surface area contributed by atoms with E-state index in [1.807, 2.05) is 19.1 Å². The van der Waals surface area contributed by atoms with Gasteiger partial charge in [0.05, 0.1) is 12.8 Å². The van der Waals surface area contributed by atoms with Crippen LogP contribution >= 0.6 is 0 Å². The maximum Gasteiger partial charge on any atom is 0.216 e. The molecule has 112 valence electrons. The Kier molecular flexibility index (Phi) is 5.03. The lowest BCUT2D eigenvalue weighted by Gasteiger charge is -2.02. The molecule has 22 heavy (non-hydrogen) atoms. The molecule has 0 unspecified atom stereocenters. The number of ketones is 1. The summed E-state index contributed by atoms with van der Waals surface area (Å²) in [5.41, 5.74) is 1.97. The van der Waals surface area contributed by atoms with Crippen LogP contribution in [0, 0.1) is 6.92 Å². The lowest BCUT2D eigenvalue weighted by Crippen LogP contribution is -2.01. The molecule has 0 saturated heterocycles. The molecule has 0 heterocycles. The first-order valence-electron chi connectivity index (χ1n) is 6.65. The molecule has 0 amide bonds. The van der Waals surface area contributed by atoms with E-state index in [9.17, 15) is 9.90 Å². The highest BCUT2D eigenvalue weighted by molar-refractivity contribution is 6.08. The summed E-state index contributed by atoms with van der Waals surface area (Å²) in [6.45, 7) is 1.97. The van der Waals surface area contributed by atoms with Crippen LogP contribution in [0.2, 0.25) is 0 Å². The van der Waals surface area contributed by atoms with Crippen molar-refractivity contribution in [3.63, 3.8) is 0 Å². The van der Waals surface area contributed by atoms with Crippen molar-refractivity contribution in [3.05, 3.63) is 71.6 Å². The zero-order chi connectivity index (χ0) is 15.9. The van der Waals surface area contributed by atoms with Gasteiger partial charge in [-0.2, -0.15) is 5.11 Å². The third kappa shape index (κ3) is 3.79.